The van der Waals surface area contributed by atoms with Gasteiger partial charge in [0, 0.05) is 31.2 Å². The van der Waals surface area contributed by atoms with Gasteiger partial charge in [-0.3, -0.25) is 4.90 Å². The molecule has 1 aliphatic rings. The summed E-state index contributed by atoms with van der Waals surface area (Å²) in [6, 6.07) is 12.8. The third-order valence-corrected chi connectivity index (χ3v) is 4.28. The highest BCUT2D eigenvalue weighted by Crippen LogP contribution is 2.18. The molecule has 2 heteroatoms. The normalized spacial score (nSPS) is 24.5. The SMILES string of the molecule is CC(C)CC1CN(C(C)C)C(Cc2ccccc2)CN1. The van der Waals surface area contributed by atoms with Gasteiger partial charge in [0.05, 0.1) is 0 Å². The molecule has 1 saturated heterocycles. The Balaban J connectivity index is 1.99. The predicted molar refractivity (Wildman–Crippen MR) is 87.0 cm³/mol. The van der Waals surface area contributed by atoms with Crippen LogP contribution in [0.25, 0.3) is 0 Å². The lowest BCUT2D eigenvalue weighted by atomic mass is 9.95. The Hall–Kier alpha value is -0.860. The van der Waals surface area contributed by atoms with E-state index in [4.69, 9.17) is 0 Å². The molecule has 1 heterocycles. The summed E-state index contributed by atoms with van der Waals surface area (Å²) in [4.78, 5) is 2.69. The van der Waals surface area contributed by atoms with Gasteiger partial charge >= 0.3 is 0 Å². The second kappa shape index (κ2) is 7.24. The molecule has 0 amide bonds. The highest BCUT2D eigenvalue weighted by atomic mass is 15.2. The lowest BCUT2D eigenvalue weighted by molar-refractivity contribution is 0.0902. The van der Waals surface area contributed by atoms with E-state index in [1.807, 2.05) is 0 Å². The third-order valence-electron chi connectivity index (χ3n) is 4.28. The Morgan fingerprint density at radius 1 is 1.15 bits per heavy atom. The number of benzene rings is 1. The number of nitrogens with zero attached hydrogens (tertiary/aromatic N) is 1. The van der Waals surface area contributed by atoms with E-state index in [0.717, 1.165) is 18.9 Å². The van der Waals surface area contributed by atoms with Crippen LogP contribution in [0.3, 0.4) is 0 Å². The number of piperazine rings is 1. The van der Waals surface area contributed by atoms with Crippen LogP contribution in [0.2, 0.25) is 0 Å². The van der Waals surface area contributed by atoms with Crippen LogP contribution in [0.5, 0.6) is 0 Å². The number of hydrogen-bond acceptors (Lipinski definition) is 2. The Morgan fingerprint density at radius 2 is 1.85 bits per heavy atom. The van der Waals surface area contributed by atoms with Gasteiger partial charge in [0.25, 0.3) is 0 Å². The maximum Gasteiger partial charge on any atom is 0.0264 e. The molecule has 0 radical (unpaired) electrons. The third kappa shape index (κ3) is 4.32. The first-order chi connectivity index (χ1) is 9.56. The van der Waals surface area contributed by atoms with E-state index in [2.05, 4.69) is 68.2 Å². The van der Waals surface area contributed by atoms with Gasteiger partial charge in [-0.1, -0.05) is 44.2 Å². The van der Waals surface area contributed by atoms with E-state index in [1.54, 1.807) is 0 Å². The minimum absolute atomic E-state index is 0.625. The fraction of sp³-hybridized carbons (Fsp3) is 0.667. The molecule has 0 saturated carbocycles. The zero-order chi connectivity index (χ0) is 14.5. The summed E-state index contributed by atoms with van der Waals surface area (Å²) in [5.74, 6) is 0.771. The lowest BCUT2D eigenvalue weighted by Crippen LogP contribution is -2.59. The van der Waals surface area contributed by atoms with Crippen molar-refractivity contribution in [3.05, 3.63) is 35.9 Å². The Kier molecular flexibility index (Phi) is 5.62. The molecule has 0 bridgehead atoms. The zero-order valence-electron chi connectivity index (χ0n) is 13.5. The maximum atomic E-state index is 3.76. The molecule has 2 rings (SSSR count). The topological polar surface area (TPSA) is 15.3 Å². The summed E-state index contributed by atoms with van der Waals surface area (Å²) in [6.07, 6.45) is 2.43. The smallest absolute Gasteiger partial charge is 0.0264 e. The van der Waals surface area contributed by atoms with E-state index < -0.39 is 0 Å². The zero-order valence-corrected chi connectivity index (χ0v) is 13.5. The van der Waals surface area contributed by atoms with Crippen LogP contribution in [-0.4, -0.2) is 36.1 Å². The Morgan fingerprint density at radius 3 is 2.45 bits per heavy atom. The van der Waals surface area contributed by atoms with Crippen LogP contribution in [-0.2, 0) is 6.42 Å². The lowest BCUT2D eigenvalue weighted by Gasteiger charge is -2.43. The Bertz CT molecular complexity index is 386. The monoisotopic (exact) mass is 274 g/mol. The van der Waals surface area contributed by atoms with Crippen molar-refractivity contribution in [2.24, 2.45) is 5.92 Å². The molecule has 2 nitrogen and oxygen atoms in total. The van der Waals surface area contributed by atoms with Crippen molar-refractivity contribution in [3.63, 3.8) is 0 Å². The van der Waals surface area contributed by atoms with Gasteiger partial charge in [-0.25, -0.2) is 0 Å². The van der Waals surface area contributed by atoms with Crippen LogP contribution in [0.4, 0.5) is 0 Å². The van der Waals surface area contributed by atoms with Gasteiger partial charge in [-0.05, 0) is 38.2 Å². The van der Waals surface area contributed by atoms with Crippen molar-refractivity contribution in [1.82, 2.24) is 10.2 Å². The van der Waals surface area contributed by atoms with Gasteiger partial charge in [-0.15, -0.1) is 0 Å². The first-order valence-corrected chi connectivity index (χ1v) is 8.09. The fourth-order valence-corrected chi connectivity index (χ4v) is 3.32. The number of hydrogen-bond donors (Lipinski definition) is 1. The fourth-order valence-electron chi connectivity index (χ4n) is 3.32. The number of nitrogens with one attached hydrogen (secondary N) is 1. The average Bonchev–Trinajstić information content (AvgIpc) is 2.41. The molecule has 1 fully saturated rings. The van der Waals surface area contributed by atoms with Gasteiger partial charge in [0.2, 0.25) is 0 Å². The molecule has 0 spiro atoms. The number of rotatable bonds is 5. The first kappa shape index (κ1) is 15.5. The summed E-state index contributed by atoms with van der Waals surface area (Å²) >= 11 is 0. The molecular weight excluding hydrogens is 244 g/mol. The van der Waals surface area contributed by atoms with E-state index in [0.29, 0.717) is 18.1 Å². The molecule has 0 aliphatic carbocycles. The molecule has 2 unspecified atom stereocenters. The van der Waals surface area contributed by atoms with E-state index in [1.165, 1.54) is 18.5 Å². The second-order valence-electron chi connectivity index (χ2n) is 6.87. The van der Waals surface area contributed by atoms with Crippen LogP contribution < -0.4 is 5.32 Å². The maximum absolute atomic E-state index is 3.76. The molecular formula is C18H30N2. The molecule has 112 valence electrons. The molecule has 1 aromatic rings. The van der Waals surface area contributed by atoms with Crippen molar-refractivity contribution in [2.45, 2.75) is 58.7 Å². The van der Waals surface area contributed by atoms with Crippen molar-refractivity contribution in [2.75, 3.05) is 13.1 Å². The highest BCUT2D eigenvalue weighted by molar-refractivity contribution is 5.16. The van der Waals surface area contributed by atoms with Crippen molar-refractivity contribution in [3.8, 4) is 0 Å². The minimum atomic E-state index is 0.625. The summed E-state index contributed by atoms with van der Waals surface area (Å²) in [5, 5.41) is 3.76. The van der Waals surface area contributed by atoms with E-state index >= 15 is 0 Å². The summed E-state index contributed by atoms with van der Waals surface area (Å²) in [7, 11) is 0. The van der Waals surface area contributed by atoms with Crippen LogP contribution in [0, 0.1) is 5.92 Å². The van der Waals surface area contributed by atoms with Gasteiger partial charge in [0.1, 0.15) is 0 Å². The minimum Gasteiger partial charge on any atom is -0.311 e. The van der Waals surface area contributed by atoms with Crippen LogP contribution >= 0.6 is 0 Å². The Labute approximate surface area is 124 Å². The van der Waals surface area contributed by atoms with E-state index in [9.17, 15) is 0 Å². The van der Waals surface area contributed by atoms with Crippen molar-refractivity contribution < 1.29 is 0 Å². The summed E-state index contributed by atoms with van der Waals surface area (Å²) < 4.78 is 0. The van der Waals surface area contributed by atoms with Gasteiger partial charge < -0.3 is 5.32 Å². The molecule has 1 N–H and O–H groups in total. The largest absolute Gasteiger partial charge is 0.311 e. The molecule has 1 aliphatic heterocycles. The second-order valence-corrected chi connectivity index (χ2v) is 6.87. The summed E-state index contributed by atoms with van der Waals surface area (Å²) in [5.41, 5.74) is 1.45. The van der Waals surface area contributed by atoms with Gasteiger partial charge in [-0.2, -0.15) is 0 Å². The van der Waals surface area contributed by atoms with Gasteiger partial charge in [0.15, 0.2) is 0 Å². The highest BCUT2D eigenvalue weighted by Gasteiger charge is 2.29. The van der Waals surface area contributed by atoms with Crippen LogP contribution in [0.1, 0.15) is 39.7 Å². The molecule has 1 aromatic carbocycles. The summed E-state index contributed by atoms with van der Waals surface area (Å²) in [6.45, 7) is 11.6. The average molecular weight is 274 g/mol. The first-order valence-electron chi connectivity index (χ1n) is 8.09. The predicted octanol–water partition coefficient (Wildman–Crippen LogP) is 3.33. The molecule has 20 heavy (non-hydrogen) atoms. The van der Waals surface area contributed by atoms with Crippen LogP contribution in [0.15, 0.2) is 30.3 Å². The molecule has 2 atom stereocenters. The standard InChI is InChI=1S/C18H30N2/c1-14(2)10-17-13-20(15(3)4)18(12-19-17)11-16-8-6-5-7-9-16/h5-9,14-15,17-19H,10-13H2,1-4H3. The van der Waals surface area contributed by atoms with Crippen molar-refractivity contribution in [1.29, 1.82) is 0 Å². The molecule has 0 aromatic heterocycles. The van der Waals surface area contributed by atoms with Crippen molar-refractivity contribution >= 4 is 0 Å². The quantitative estimate of drug-likeness (QED) is 0.886. The van der Waals surface area contributed by atoms with E-state index in [-0.39, 0.29) is 0 Å².